The Hall–Kier alpha value is -0.160. The van der Waals surface area contributed by atoms with Crippen molar-refractivity contribution in [2.75, 3.05) is 6.61 Å². The summed E-state index contributed by atoms with van der Waals surface area (Å²) in [5, 5.41) is 26.4. The van der Waals surface area contributed by atoms with Crippen LogP contribution in [0.4, 0.5) is 0 Å². The van der Waals surface area contributed by atoms with Gasteiger partial charge in [-0.25, -0.2) is 0 Å². The van der Waals surface area contributed by atoms with Gasteiger partial charge in [0.2, 0.25) is 0 Å². The van der Waals surface area contributed by atoms with Crippen molar-refractivity contribution in [1.29, 1.82) is 0 Å². The van der Waals surface area contributed by atoms with E-state index in [0.29, 0.717) is 6.42 Å². The highest BCUT2D eigenvalue weighted by Crippen LogP contribution is 2.12. The van der Waals surface area contributed by atoms with Crippen molar-refractivity contribution in [3.8, 4) is 0 Å². The van der Waals surface area contributed by atoms with E-state index in [2.05, 4.69) is 0 Å². The molecule has 4 N–H and O–H groups in total. The van der Waals surface area contributed by atoms with E-state index in [1.54, 1.807) is 13.8 Å². The molecule has 0 aliphatic carbocycles. The molecular weight excluding hydrogens is 134 g/mol. The zero-order valence-corrected chi connectivity index (χ0v) is 6.33. The van der Waals surface area contributed by atoms with Gasteiger partial charge >= 0.3 is 0 Å². The Balaban J connectivity index is 3.97. The third kappa shape index (κ3) is 2.22. The Bertz CT molecular complexity index is 91.0. The fourth-order valence-corrected chi connectivity index (χ4v) is 0.623. The molecule has 10 heavy (non-hydrogen) atoms. The van der Waals surface area contributed by atoms with Gasteiger partial charge in [-0.05, 0) is 13.3 Å². The molecule has 2 atom stereocenters. The van der Waals surface area contributed by atoms with Crippen LogP contribution in [0.5, 0.6) is 0 Å². The highest BCUT2D eigenvalue weighted by atomic mass is 16.5. The van der Waals surface area contributed by atoms with Crippen molar-refractivity contribution in [2.45, 2.75) is 31.9 Å². The number of hydroxylamine groups is 1. The summed E-state index contributed by atoms with van der Waals surface area (Å²) in [6.45, 7) is 3.05. The van der Waals surface area contributed by atoms with Gasteiger partial charge in [0, 0.05) is 0 Å². The van der Waals surface area contributed by atoms with Crippen LogP contribution in [0, 0.1) is 0 Å². The molecule has 62 valence electrons. The summed E-state index contributed by atoms with van der Waals surface area (Å²) >= 11 is 0. The van der Waals surface area contributed by atoms with Crippen LogP contribution in [-0.2, 0) is 0 Å². The van der Waals surface area contributed by atoms with Crippen LogP contribution in [0.15, 0.2) is 0 Å². The van der Waals surface area contributed by atoms with E-state index < -0.39 is 11.6 Å². The molecule has 0 aliphatic heterocycles. The van der Waals surface area contributed by atoms with Crippen molar-refractivity contribution in [1.82, 2.24) is 5.48 Å². The molecule has 0 spiro atoms. The highest BCUT2D eigenvalue weighted by molar-refractivity contribution is 4.83. The molecule has 0 rings (SSSR count). The van der Waals surface area contributed by atoms with Gasteiger partial charge in [0.1, 0.15) is 0 Å². The van der Waals surface area contributed by atoms with Crippen LogP contribution < -0.4 is 5.48 Å². The molecule has 0 fully saturated rings. The fourth-order valence-electron chi connectivity index (χ4n) is 0.623. The van der Waals surface area contributed by atoms with Crippen LogP contribution in [0.1, 0.15) is 20.3 Å². The maximum absolute atomic E-state index is 9.40. The smallest absolute Gasteiger partial charge is 0.0834 e. The molecule has 0 amide bonds. The average Bonchev–Trinajstić information content (AvgIpc) is 1.90. The molecule has 0 bridgehead atoms. The maximum Gasteiger partial charge on any atom is 0.0834 e. The van der Waals surface area contributed by atoms with E-state index >= 15 is 0 Å². The summed E-state index contributed by atoms with van der Waals surface area (Å²) in [6.07, 6.45) is 0.478. The van der Waals surface area contributed by atoms with Crippen molar-refractivity contribution in [3.05, 3.63) is 0 Å². The van der Waals surface area contributed by atoms with Gasteiger partial charge in [0.05, 0.1) is 18.2 Å². The third-order valence-corrected chi connectivity index (χ3v) is 1.80. The molecule has 0 aromatic carbocycles. The number of hydrogen-bond acceptors (Lipinski definition) is 4. The van der Waals surface area contributed by atoms with E-state index in [1.807, 2.05) is 5.48 Å². The van der Waals surface area contributed by atoms with E-state index in [9.17, 15) is 5.11 Å². The van der Waals surface area contributed by atoms with E-state index in [1.165, 1.54) is 0 Å². The minimum atomic E-state index is -1.05. The second-order valence-corrected chi connectivity index (χ2v) is 2.57. The Kier molecular flexibility index (Phi) is 3.81. The average molecular weight is 149 g/mol. The Labute approximate surface area is 60.5 Å². The van der Waals surface area contributed by atoms with Gasteiger partial charge in [-0.2, -0.15) is 5.48 Å². The molecule has 0 saturated heterocycles. The second kappa shape index (κ2) is 3.88. The van der Waals surface area contributed by atoms with Gasteiger partial charge in [-0.3, -0.25) is 0 Å². The van der Waals surface area contributed by atoms with Gasteiger partial charge in [-0.15, -0.1) is 0 Å². The first-order valence-electron chi connectivity index (χ1n) is 3.31. The van der Waals surface area contributed by atoms with Crippen LogP contribution >= 0.6 is 0 Å². The molecule has 0 heterocycles. The number of rotatable bonds is 4. The summed E-state index contributed by atoms with van der Waals surface area (Å²) in [7, 11) is 0. The summed E-state index contributed by atoms with van der Waals surface area (Å²) in [4.78, 5) is 0. The van der Waals surface area contributed by atoms with Crippen LogP contribution in [0.2, 0.25) is 0 Å². The topological polar surface area (TPSA) is 72.7 Å². The summed E-state index contributed by atoms with van der Waals surface area (Å²) in [6, 6.07) is -0.669. The lowest BCUT2D eigenvalue weighted by molar-refractivity contribution is -0.0519. The zero-order chi connectivity index (χ0) is 8.20. The summed E-state index contributed by atoms with van der Waals surface area (Å²) < 4.78 is 0. The van der Waals surface area contributed by atoms with Gasteiger partial charge in [0.25, 0.3) is 0 Å². The lowest BCUT2D eigenvalue weighted by Crippen LogP contribution is -2.49. The summed E-state index contributed by atoms with van der Waals surface area (Å²) in [5.41, 5.74) is 0.791. The lowest BCUT2D eigenvalue weighted by Gasteiger charge is -2.28. The number of nitrogens with one attached hydrogen (secondary N) is 1. The molecule has 4 heteroatoms. The molecule has 0 aromatic heterocycles. The molecule has 2 unspecified atom stereocenters. The highest BCUT2D eigenvalue weighted by Gasteiger charge is 2.28. The predicted octanol–water partition coefficient (Wildman–Crippen LogP) is -0.513. The monoisotopic (exact) mass is 149 g/mol. The Morgan fingerprint density at radius 1 is 1.60 bits per heavy atom. The van der Waals surface area contributed by atoms with Crippen LogP contribution in [-0.4, -0.2) is 33.7 Å². The molecule has 0 aliphatic rings. The molecule has 4 nitrogen and oxygen atoms in total. The second-order valence-electron chi connectivity index (χ2n) is 2.57. The molecule has 0 radical (unpaired) electrons. The van der Waals surface area contributed by atoms with Gasteiger partial charge in [0.15, 0.2) is 0 Å². The predicted molar refractivity (Wildman–Crippen MR) is 36.7 cm³/mol. The normalized spacial score (nSPS) is 20.1. The van der Waals surface area contributed by atoms with Crippen molar-refractivity contribution >= 4 is 0 Å². The zero-order valence-electron chi connectivity index (χ0n) is 6.33. The van der Waals surface area contributed by atoms with E-state index in [4.69, 9.17) is 10.3 Å². The van der Waals surface area contributed by atoms with E-state index in [0.717, 1.165) is 0 Å². The minimum absolute atomic E-state index is 0.280. The minimum Gasteiger partial charge on any atom is -0.395 e. The van der Waals surface area contributed by atoms with Crippen LogP contribution in [0.25, 0.3) is 0 Å². The molecule has 0 saturated carbocycles. The quantitative estimate of drug-likeness (QED) is 0.406. The first kappa shape index (κ1) is 9.84. The lowest BCUT2D eigenvalue weighted by atomic mass is 9.95. The third-order valence-electron chi connectivity index (χ3n) is 1.80. The number of aliphatic hydroxyl groups is 2. The fraction of sp³-hybridized carbons (Fsp3) is 1.00. The van der Waals surface area contributed by atoms with Gasteiger partial charge in [-0.1, -0.05) is 6.92 Å². The maximum atomic E-state index is 9.40. The molecule has 0 aromatic rings. The largest absolute Gasteiger partial charge is 0.395 e. The Morgan fingerprint density at radius 2 is 2.10 bits per heavy atom. The first-order valence-corrected chi connectivity index (χ1v) is 3.31. The standard InChI is InChI=1S/C6H15NO3/c1-3-6(2,9)5(4-8)7-10/h5,7-10H,3-4H2,1-2H3. The summed E-state index contributed by atoms with van der Waals surface area (Å²) in [5.74, 6) is 0. The van der Waals surface area contributed by atoms with Crippen molar-refractivity contribution < 1.29 is 15.4 Å². The Morgan fingerprint density at radius 3 is 2.20 bits per heavy atom. The number of hydrogen-bond donors (Lipinski definition) is 4. The van der Waals surface area contributed by atoms with Gasteiger partial charge < -0.3 is 15.4 Å². The van der Waals surface area contributed by atoms with Crippen molar-refractivity contribution in [3.63, 3.8) is 0 Å². The van der Waals surface area contributed by atoms with Crippen molar-refractivity contribution in [2.24, 2.45) is 0 Å². The van der Waals surface area contributed by atoms with Crippen LogP contribution in [0.3, 0.4) is 0 Å². The van der Waals surface area contributed by atoms with E-state index in [-0.39, 0.29) is 6.61 Å². The first-order chi connectivity index (χ1) is 4.58. The number of aliphatic hydroxyl groups excluding tert-OH is 1. The molecular formula is C6H15NO3. The SMILES string of the molecule is CCC(C)(O)C(CO)NO.